The van der Waals surface area contributed by atoms with Gasteiger partial charge in [-0.25, -0.2) is 0 Å². The minimum atomic E-state index is -0.580. The summed E-state index contributed by atoms with van der Waals surface area (Å²) in [5, 5.41) is 0. The highest BCUT2D eigenvalue weighted by atomic mass is 16.5. The Morgan fingerprint density at radius 1 is 1.12 bits per heavy atom. The summed E-state index contributed by atoms with van der Waals surface area (Å²) < 4.78 is 4.97. The molecule has 24 heavy (non-hydrogen) atoms. The Labute approximate surface area is 143 Å². The van der Waals surface area contributed by atoms with Gasteiger partial charge in [-0.1, -0.05) is 60.5 Å². The van der Waals surface area contributed by atoms with E-state index in [1.54, 1.807) is 6.92 Å². The van der Waals surface area contributed by atoms with E-state index in [2.05, 4.69) is 42.3 Å². The first kappa shape index (κ1) is 17.8. The van der Waals surface area contributed by atoms with E-state index >= 15 is 0 Å². The first-order chi connectivity index (χ1) is 11.6. The second-order valence-corrected chi connectivity index (χ2v) is 5.73. The molecule has 2 N–H and O–H groups in total. The van der Waals surface area contributed by atoms with Crippen LogP contribution in [0.3, 0.4) is 0 Å². The third-order valence-electron chi connectivity index (χ3n) is 3.87. The van der Waals surface area contributed by atoms with Gasteiger partial charge in [-0.05, 0) is 36.5 Å². The third kappa shape index (κ3) is 4.97. The molecule has 0 aliphatic rings. The number of hydrogen-bond acceptors (Lipinski definition) is 3. The minimum absolute atomic E-state index is 0.182. The average Bonchev–Trinajstić information content (AvgIpc) is 2.61. The van der Waals surface area contributed by atoms with E-state index in [0.717, 1.165) is 5.56 Å². The zero-order valence-electron chi connectivity index (χ0n) is 13.9. The largest absolute Gasteiger partial charge is 0.465 e. The molecule has 0 heterocycles. The fraction of sp³-hybridized carbons (Fsp3) is 0.286. The summed E-state index contributed by atoms with van der Waals surface area (Å²) in [6.07, 6.45) is 6.52. The van der Waals surface area contributed by atoms with E-state index in [-0.39, 0.29) is 12.0 Å². The van der Waals surface area contributed by atoms with Gasteiger partial charge in [-0.3, -0.25) is 4.79 Å². The van der Waals surface area contributed by atoms with Crippen molar-refractivity contribution in [3.05, 3.63) is 60.2 Å². The number of benzene rings is 2. The Morgan fingerprint density at radius 3 is 2.33 bits per heavy atom. The molecule has 2 rings (SSSR count). The Balaban J connectivity index is 1.96. The lowest BCUT2D eigenvalue weighted by atomic mass is 9.95. The van der Waals surface area contributed by atoms with Gasteiger partial charge in [0.1, 0.15) is 5.92 Å². The second kappa shape index (κ2) is 8.90. The summed E-state index contributed by atoms with van der Waals surface area (Å²) in [5.41, 5.74) is 9.64. The van der Waals surface area contributed by atoms with Crippen molar-refractivity contribution in [1.82, 2.24) is 0 Å². The quantitative estimate of drug-likeness (QED) is 0.628. The van der Waals surface area contributed by atoms with Crippen LogP contribution in [0.4, 0.5) is 0 Å². The number of ether oxygens (including phenoxy) is 1. The Bertz CT molecular complexity index is 686. The van der Waals surface area contributed by atoms with Crippen molar-refractivity contribution in [2.75, 3.05) is 6.61 Å². The third-order valence-corrected chi connectivity index (χ3v) is 3.87. The number of carbonyl (C=O) groups is 1. The molecule has 0 aliphatic carbocycles. The predicted octanol–water partition coefficient (Wildman–Crippen LogP) is 3.43. The molecule has 3 nitrogen and oxygen atoms in total. The molecule has 3 heteroatoms. The van der Waals surface area contributed by atoms with Gasteiger partial charge in [-0.2, -0.15) is 0 Å². The lowest BCUT2D eigenvalue weighted by Gasteiger charge is -2.16. The molecule has 0 aromatic heterocycles. The van der Waals surface area contributed by atoms with Crippen LogP contribution >= 0.6 is 0 Å². The Hall–Kier alpha value is -2.57. The van der Waals surface area contributed by atoms with Gasteiger partial charge >= 0.3 is 5.97 Å². The number of hydrogen-bond donors (Lipinski definition) is 1. The molecular weight excluding hydrogens is 298 g/mol. The topological polar surface area (TPSA) is 52.3 Å². The summed E-state index contributed by atoms with van der Waals surface area (Å²) in [7, 11) is 0. The van der Waals surface area contributed by atoms with Crippen LogP contribution in [0.25, 0.3) is 11.1 Å². The Kier molecular flexibility index (Phi) is 6.60. The van der Waals surface area contributed by atoms with E-state index in [0.29, 0.717) is 19.4 Å². The van der Waals surface area contributed by atoms with E-state index in [1.165, 1.54) is 11.1 Å². The Morgan fingerprint density at radius 2 is 1.75 bits per heavy atom. The van der Waals surface area contributed by atoms with Crippen molar-refractivity contribution in [3.8, 4) is 23.5 Å². The van der Waals surface area contributed by atoms with Gasteiger partial charge in [0.05, 0.1) is 6.61 Å². The second-order valence-electron chi connectivity index (χ2n) is 5.73. The molecule has 0 radical (unpaired) electrons. The molecule has 0 saturated carbocycles. The number of terminal acetylenes is 1. The van der Waals surface area contributed by atoms with Gasteiger partial charge in [-0.15, -0.1) is 6.42 Å². The maximum atomic E-state index is 11.7. The highest BCUT2D eigenvalue weighted by Crippen LogP contribution is 2.20. The van der Waals surface area contributed by atoms with Crippen molar-refractivity contribution in [2.24, 2.45) is 11.7 Å². The molecule has 0 unspecified atom stereocenters. The summed E-state index contributed by atoms with van der Waals surface area (Å²) >= 11 is 0. The molecule has 0 bridgehead atoms. The van der Waals surface area contributed by atoms with Gasteiger partial charge in [0.25, 0.3) is 0 Å². The van der Waals surface area contributed by atoms with Crippen LogP contribution in [0.5, 0.6) is 0 Å². The first-order valence-electron chi connectivity index (χ1n) is 8.16. The normalized spacial score (nSPS) is 12.9. The first-order valence-corrected chi connectivity index (χ1v) is 8.16. The number of nitrogens with two attached hydrogens (primary N) is 1. The van der Waals surface area contributed by atoms with Gasteiger partial charge in [0, 0.05) is 6.04 Å². The fourth-order valence-corrected chi connectivity index (χ4v) is 2.63. The van der Waals surface area contributed by atoms with Crippen LogP contribution in [0, 0.1) is 18.3 Å². The van der Waals surface area contributed by atoms with Crippen molar-refractivity contribution < 1.29 is 9.53 Å². The zero-order valence-corrected chi connectivity index (χ0v) is 13.9. The number of carbonyl (C=O) groups excluding carboxylic acids is 1. The molecule has 2 aromatic rings. The van der Waals surface area contributed by atoms with Crippen molar-refractivity contribution in [1.29, 1.82) is 0 Å². The molecule has 124 valence electrons. The zero-order chi connectivity index (χ0) is 17.4. The lowest BCUT2D eigenvalue weighted by Crippen LogP contribution is -2.29. The maximum absolute atomic E-state index is 11.7. The summed E-state index contributed by atoms with van der Waals surface area (Å²) in [5.74, 6) is 1.53. The SMILES string of the molecule is C#C[C@H](C[C@H](N)Cc1ccc(-c2ccccc2)cc1)C(=O)OCC. The molecule has 0 spiro atoms. The van der Waals surface area contributed by atoms with Crippen LogP contribution in [-0.4, -0.2) is 18.6 Å². The highest BCUT2D eigenvalue weighted by Gasteiger charge is 2.20. The standard InChI is InChI=1S/C21H23NO2/c1-3-17(21(23)24-4-2)15-20(22)14-16-10-12-19(13-11-16)18-8-6-5-7-9-18/h1,5-13,17,20H,4,14-15,22H2,2H3/t17-,20-/m1/s1. The summed E-state index contributed by atoms with van der Waals surface area (Å²) in [6, 6.07) is 18.3. The minimum Gasteiger partial charge on any atom is -0.465 e. The van der Waals surface area contributed by atoms with Crippen LogP contribution in [0.1, 0.15) is 18.9 Å². The molecule has 2 aromatic carbocycles. The van der Waals surface area contributed by atoms with Crippen LogP contribution in [-0.2, 0) is 16.0 Å². The van der Waals surface area contributed by atoms with Crippen molar-refractivity contribution in [2.45, 2.75) is 25.8 Å². The van der Waals surface area contributed by atoms with Gasteiger partial charge in [0.15, 0.2) is 0 Å². The van der Waals surface area contributed by atoms with E-state index < -0.39 is 5.92 Å². The van der Waals surface area contributed by atoms with Crippen molar-refractivity contribution in [3.63, 3.8) is 0 Å². The molecular formula is C21H23NO2. The molecule has 0 aliphatic heterocycles. The monoisotopic (exact) mass is 321 g/mol. The fourth-order valence-electron chi connectivity index (χ4n) is 2.63. The summed E-state index contributed by atoms with van der Waals surface area (Å²) in [6.45, 7) is 2.09. The smallest absolute Gasteiger partial charge is 0.321 e. The van der Waals surface area contributed by atoms with Crippen LogP contribution in [0.2, 0.25) is 0 Å². The van der Waals surface area contributed by atoms with Crippen LogP contribution < -0.4 is 5.73 Å². The lowest BCUT2D eigenvalue weighted by molar-refractivity contribution is -0.146. The van der Waals surface area contributed by atoms with Gasteiger partial charge in [0.2, 0.25) is 0 Å². The predicted molar refractivity (Wildman–Crippen MR) is 97.1 cm³/mol. The van der Waals surface area contributed by atoms with E-state index in [1.807, 2.05) is 18.2 Å². The number of rotatable bonds is 7. The average molecular weight is 321 g/mol. The van der Waals surface area contributed by atoms with E-state index in [9.17, 15) is 4.79 Å². The van der Waals surface area contributed by atoms with Crippen molar-refractivity contribution >= 4 is 5.97 Å². The number of esters is 1. The van der Waals surface area contributed by atoms with Crippen LogP contribution in [0.15, 0.2) is 54.6 Å². The molecule has 2 atom stereocenters. The maximum Gasteiger partial charge on any atom is 0.321 e. The van der Waals surface area contributed by atoms with Gasteiger partial charge < -0.3 is 10.5 Å². The molecule has 0 amide bonds. The summed E-state index contributed by atoms with van der Waals surface area (Å²) in [4.78, 5) is 11.7. The highest BCUT2D eigenvalue weighted by molar-refractivity contribution is 5.75. The van der Waals surface area contributed by atoms with E-state index in [4.69, 9.17) is 16.9 Å². The molecule has 0 saturated heterocycles. The molecule has 0 fully saturated rings.